The van der Waals surface area contributed by atoms with Crippen molar-refractivity contribution in [1.82, 2.24) is 5.32 Å². The van der Waals surface area contributed by atoms with E-state index in [1.165, 1.54) is 12.1 Å². The first-order valence-corrected chi connectivity index (χ1v) is 9.57. The molecule has 1 amide bonds. The third kappa shape index (κ3) is 9.35. The summed E-state index contributed by atoms with van der Waals surface area (Å²) in [7, 11) is 0.697. The fraction of sp³-hybridized carbons (Fsp3) is 0.500. The topological polar surface area (TPSA) is 98.5 Å². The molecule has 0 aromatic heterocycles. The lowest BCUT2D eigenvalue weighted by molar-refractivity contribution is -0.384. The van der Waals surface area contributed by atoms with Gasteiger partial charge in [-0.3, -0.25) is 14.9 Å². The Kier molecular flexibility index (Phi) is 10.2. The number of carbonyl (C=O) groups excluding carboxylic acids is 2. The van der Waals surface area contributed by atoms with Crippen molar-refractivity contribution in [2.24, 2.45) is 0 Å². The number of nitro groups is 1. The van der Waals surface area contributed by atoms with Crippen LogP contribution in [-0.2, 0) is 16.0 Å². The molecule has 1 unspecified atom stereocenters. The van der Waals surface area contributed by atoms with Gasteiger partial charge >= 0.3 is 6.09 Å². The van der Waals surface area contributed by atoms with Crippen molar-refractivity contribution in [2.75, 3.05) is 0 Å². The average Bonchev–Trinajstić information content (AvgIpc) is 2.54. The number of hydrogen-bond donors (Lipinski definition) is 2. The molecule has 1 atom stereocenters. The number of nitro benzene ring substituents is 1. The van der Waals surface area contributed by atoms with E-state index in [1.807, 2.05) is 13.8 Å². The molecule has 0 radical (unpaired) electrons. The summed E-state index contributed by atoms with van der Waals surface area (Å²) in [6, 6.07) is 4.93. The Labute approximate surface area is 156 Å². The number of hydrogen-bond acceptors (Lipinski definition) is 7. The second kappa shape index (κ2) is 11.0. The Morgan fingerprint density at radius 2 is 1.80 bits per heavy atom. The van der Waals surface area contributed by atoms with Crippen LogP contribution in [0.15, 0.2) is 24.3 Å². The molecule has 1 rings (SSSR count). The predicted molar refractivity (Wildman–Crippen MR) is 103 cm³/mol. The van der Waals surface area contributed by atoms with E-state index in [2.05, 4.69) is 17.0 Å². The molecule has 25 heavy (non-hydrogen) atoms. The van der Waals surface area contributed by atoms with Gasteiger partial charge in [0, 0.05) is 18.6 Å². The van der Waals surface area contributed by atoms with Crippen molar-refractivity contribution >= 4 is 39.4 Å². The van der Waals surface area contributed by atoms with Gasteiger partial charge < -0.3 is 10.1 Å². The minimum absolute atomic E-state index is 0.0414. The minimum atomic E-state index is -0.839. The van der Waals surface area contributed by atoms with Crippen LogP contribution in [0.5, 0.6) is 0 Å². The quantitative estimate of drug-likeness (QED) is 0.340. The third-order valence-corrected chi connectivity index (χ3v) is 3.66. The van der Waals surface area contributed by atoms with Gasteiger partial charge in [-0.1, -0.05) is 26.0 Å². The van der Waals surface area contributed by atoms with Gasteiger partial charge in [0.1, 0.15) is 11.6 Å². The average molecular weight is 389 g/mol. The fourth-order valence-electron chi connectivity index (χ4n) is 1.70. The highest BCUT2D eigenvalue weighted by Crippen LogP contribution is 2.17. The summed E-state index contributed by atoms with van der Waals surface area (Å²) in [6.07, 6.45) is -0.524. The zero-order valence-corrected chi connectivity index (χ0v) is 16.6. The molecule has 0 aliphatic rings. The molecule has 0 saturated heterocycles. The van der Waals surface area contributed by atoms with E-state index in [0.717, 1.165) is 0 Å². The van der Waals surface area contributed by atoms with Crippen LogP contribution in [0.3, 0.4) is 0 Å². The van der Waals surface area contributed by atoms with E-state index in [4.69, 9.17) is 4.74 Å². The first-order chi connectivity index (χ1) is 11.6. The van der Waals surface area contributed by atoms with Gasteiger partial charge in [0.05, 0.1) is 4.92 Å². The maximum Gasteiger partial charge on any atom is 0.408 e. The molecule has 1 aromatic carbocycles. The van der Waals surface area contributed by atoms with Gasteiger partial charge in [0.2, 0.25) is 5.12 Å². The lowest BCUT2D eigenvalue weighted by Crippen LogP contribution is -2.43. The van der Waals surface area contributed by atoms with Crippen molar-refractivity contribution in [3.05, 3.63) is 39.9 Å². The van der Waals surface area contributed by atoms with Gasteiger partial charge in [0.15, 0.2) is 0 Å². The second-order valence-corrected chi connectivity index (χ2v) is 6.87. The number of carbonyl (C=O) groups is 2. The molecule has 0 fully saturated rings. The standard InChI is InChI=1S/C14H18N2O5S2.C2H6/c1-14(2,3)21-13(18)15-11(12(17)23-22)8-9-4-6-10(7-5-9)16(19)20;1-2/h4-7,11,22H,8H2,1-3H3,(H,15,18);1-2H3. The number of nitrogens with zero attached hydrogens (tertiary/aromatic N) is 1. The molecule has 0 bridgehead atoms. The van der Waals surface area contributed by atoms with E-state index >= 15 is 0 Å². The summed E-state index contributed by atoms with van der Waals surface area (Å²) in [5.74, 6) is 0. The van der Waals surface area contributed by atoms with Crippen LogP contribution in [0.2, 0.25) is 0 Å². The minimum Gasteiger partial charge on any atom is -0.444 e. The number of rotatable bonds is 5. The van der Waals surface area contributed by atoms with E-state index in [0.29, 0.717) is 16.4 Å². The number of thiol groups is 1. The molecule has 0 saturated carbocycles. The number of nitrogens with one attached hydrogen (secondary N) is 1. The highest BCUT2D eigenvalue weighted by atomic mass is 33.1. The molecular formula is C16H24N2O5S2. The summed E-state index contributed by atoms with van der Waals surface area (Å²) >= 11 is 3.86. The van der Waals surface area contributed by atoms with Crippen molar-refractivity contribution < 1.29 is 19.2 Å². The van der Waals surface area contributed by atoms with Gasteiger partial charge in [0.25, 0.3) is 5.69 Å². The Balaban J connectivity index is 0.00000277. The predicted octanol–water partition coefficient (Wildman–Crippen LogP) is 4.16. The summed E-state index contributed by atoms with van der Waals surface area (Å²) < 4.78 is 5.13. The van der Waals surface area contributed by atoms with E-state index < -0.39 is 22.7 Å². The lowest BCUT2D eigenvalue weighted by Gasteiger charge is -2.22. The summed E-state index contributed by atoms with van der Waals surface area (Å²) in [4.78, 5) is 33.8. The zero-order chi connectivity index (χ0) is 19.6. The maximum atomic E-state index is 11.9. The number of amides is 1. The third-order valence-electron chi connectivity index (χ3n) is 2.65. The normalized spacial score (nSPS) is 11.6. The molecule has 9 heteroatoms. The first kappa shape index (κ1) is 23.3. The number of ether oxygens (including phenoxy) is 1. The van der Waals surface area contributed by atoms with Gasteiger partial charge in [-0.15, -0.1) is 11.7 Å². The summed E-state index contributed by atoms with van der Waals surface area (Å²) in [5, 5.41) is 12.8. The van der Waals surface area contributed by atoms with Gasteiger partial charge in [-0.2, -0.15) is 0 Å². The van der Waals surface area contributed by atoms with Crippen molar-refractivity contribution in [1.29, 1.82) is 0 Å². The molecular weight excluding hydrogens is 364 g/mol. The van der Waals surface area contributed by atoms with Crippen LogP contribution < -0.4 is 5.32 Å². The Hall–Kier alpha value is -1.74. The molecule has 1 aromatic rings. The van der Waals surface area contributed by atoms with E-state index in [1.54, 1.807) is 32.9 Å². The first-order valence-electron chi connectivity index (χ1n) is 7.70. The molecule has 0 heterocycles. The maximum absolute atomic E-state index is 11.9. The van der Waals surface area contributed by atoms with Crippen molar-refractivity contribution in [3.63, 3.8) is 0 Å². The Bertz CT molecular complexity index is 585. The highest BCUT2D eigenvalue weighted by Gasteiger charge is 2.24. The monoisotopic (exact) mass is 388 g/mol. The SMILES string of the molecule is CC.CC(C)(C)OC(=O)NC(Cc1ccc([N+](=O)[O-])cc1)C(=O)SS. The lowest BCUT2D eigenvalue weighted by atomic mass is 10.1. The Morgan fingerprint density at radius 1 is 1.28 bits per heavy atom. The molecule has 0 spiro atoms. The number of alkyl carbamates (subject to hydrolysis) is 1. The Morgan fingerprint density at radius 3 is 2.20 bits per heavy atom. The van der Waals surface area contributed by atoms with Crippen LogP contribution in [0.25, 0.3) is 0 Å². The fourth-order valence-corrected chi connectivity index (χ4v) is 2.35. The zero-order valence-electron chi connectivity index (χ0n) is 14.9. The number of non-ortho nitro benzene ring substituents is 1. The van der Waals surface area contributed by atoms with Crippen LogP contribution >= 0.6 is 22.5 Å². The van der Waals surface area contributed by atoms with Crippen LogP contribution in [0, 0.1) is 10.1 Å². The van der Waals surface area contributed by atoms with Gasteiger partial charge in [-0.25, -0.2) is 4.79 Å². The van der Waals surface area contributed by atoms with Crippen LogP contribution in [0.4, 0.5) is 10.5 Å². The van der Waals surface area contributed by atoms with Crippen molar-refractivity contribution in [3.8, 4) is 0 Å². The molecule has 140 valence electrons. The highest BCUT2D eigenvalue weighted by molar-refractivity contribution is 8.74. The summed E-state index contributed by atoms with van der Waals surface area (Å²) in [5.41, 5.74) is -0.0493. The van der Waals surface area contributed by atoms with Crippen LogP contribution in [-0.4, -0.2) is 27.8 Å². The second-order valence-electron chi connectivity index (χ2n) is 5.74. The molecule has 7 nitrogen and oxygen atoms in total. The molecule has 0 aliphatic carbocycles. The van der Waals surface area contributed by atoms with E-state index in [-0.39, 0.29) is 17.2 Å². The number of benzene rings is 1. The van der Waals surface area contributed by atoms with Crippen molar-refractivity contribution in [2.45, 2.75) is 52.7 Å². The largest absolute Gasteiger partial charge is 0.444 e. The van der Waals surface area contributed by atoms with Crippen LogP contribution in [0.1, 0.15) is 40.2 Å². The molecule has 0 aliphatic heterocycles. The van der Waals surface area contributed by atoms with Gasteiger partial charge in [-0.05, 0) is 37.1 Å². The summed E-state index contributed by atoms with van der Waals surface area (Å²) in [6.45, 7) is 9.15. The molecule has 1 N–H and O–H groups in total. The van der Waals surface area contributed by atoms with E-state index in [9.17, 15) is 19.7 Å². The smallest absolute Gasteiger partial charge is 0.408 e.